The number of nitrogens with one attached hydrogen (secondary N) is 1. The molecule has 0 aliphatic carbocycles. The molecule has 1 fully saturated rings. The minimum atomic E-state index is -0.169. The third kappa shape index (κ3) is 4.64. The van der Waals surface area contributed by atoms with Gasteiger partial charge in [0.25, 0.3) is 5.91 Å². The molecule has 0 unspecified atom stereocenters. The summed E-state index contributed by atoms with van der Waals surface area (Å²) in [5, 5.41) is 13.4. The van der Waals surface area contributed by atoms with Crippen LogP contribution in [0.3, 0.4) is 0 Å². The van der Waals surface area contributed by atoms with Gasteiger partial charge in [-0.1, -0.05) is 11.6 Å². The van der Waals surface area contributed by atoms with Crippen molar-refractivity contribution in [1.82, 2.24) is 10.4 Å². The molecular formula is C14H20N4O3. The molecule has 0 bridgehead atoms. The van der Waals surface area contributed by atoms with E-state index in [0.717, 1.165) is 25.9 Å². The van der Waals surface area contributed by atoms with Crippen LogP contribution >= 0.6 is 0 Å². The Labute approximate surface area is 123 Å². The topological polar surface area (TPSA) is 100 Å². The summed E-state index contributed by atoms with van der Waals surface area (Å²) in [6.45, 7) is 1.74. The highest BCUT2D eigenvalue weighted by atomic mass is 16.5. The molecule has 1 aromatic rings. The van der Waals surface area contributed by atoms with Crippen molar-refractivity contribution < 1.29 is 14.7 Å². The van der Waals surface area contributed by atoms with E-state index in [1.807, 2.05) is 5.01 Å². The van der Waals surface area contributed by atoms with E-state index in [2.05, 4.69) is 10.6 Å². The zero-order valence-corrected chi connectivity index (χ0v) is 11.8. The van der Waals surface area contributed by atoms with Crippen LogP contribution in [0.1, 0.15) is 24.8 Å². The fraction of sp³-hybridized carbons (Fsp3) is 0.429. The largest absolute Gasteiger partial charge is 0.484 e. The van der Waals surface area contributed by atoms with Gasteiger partial charge in [-0.05, 0) is 37.1 Å². The van der Waals surface area contributed by atoms with Gasteiger partial charge >= 0.3 is 0 Å². The third-order valence-electron chi connectivity index (χ3n) is 3.27. The monoisotopic (exact) mass is 292 g/mol. The molecule has 1 aliphatic heterocycles. The van der Waals surface area contributed by atoms with Gasteiger partial charge in [-0.25, -0.2) is 5.01 Å². The number of carbonyl (C=O) groups is 1. The SMILES string of the molecule is N/C(=N/O)c1ccc(OCC(=O)NN2CCCCC2)cc1. The fourth-order valence-corrected chi connectivity index (χ4v) is 2.14. The van der Waals surface area contributed by atoms with Gasteiger partial charge in [0.05, 0.1) is 0 Å². The lowest BCUT2D eigenvalue weighted by Gasteiger charge is -2.26. The normalized spacial score (nSPS) is 16.5. The Kier molecular flexibility index (Phi) is 5.39. The lowest BCUT2D eigenvalue weighted by atomic mass is 10.2. The minimum absolute atomic E-state index is 0.0318. The van der Waals surface area contributed by atoms with E-state index in [0.29, 0.717) is 11.3 Å². The number of ether oxygens (including phenoxy) is 1. The number of nitrogens with two attached hydrogens (primary N) is 1. The van der Waals surface area contributed by atoms with Crippen molar-refractivity contribution in [2.24, 2.45) is 10.9 Å². The first-order valence-corrected chi connectivity index (χ1v) is 6.94. The number of amides is 1. The number of amidine groups is 1. The molecule has 114 valence electrons. The maximum absolute atomic E-state index is 11.8. The molecule has 4 N–H and O–H groups in total. The molecule has 7 nitrogen and oxygen atoms in total. The summed E-state index contributed by atoms with van der Waals surface area (Å²) in [6.07, 6.45) is 3.43. The van der Waals surface area contributed by atoms with Crippen LogP contribution < -0.4 is 15.9 Å². The number of benzene rings is 1. The Hall–Kier alpha value is -2.28. The average Bonchev–Trinajstić information content (AvgIpc) is 2.53. The van der Waals surface area contributed by atoms with Crippen LogP contribution in [0.4, 0.5) is 0 Å². The Morgan fingerprint density at radius 2 is 1.95 bits per heavy atom. The van der Waals surface area contributed by atoms with E-state index < -0.39 is 0 Å². The van der Waals surface area contributed by atoms with Gasteiger partial charge in [0.1, 0.15) is 5.75 Å². The minimum Gasteiger partial charge on any atom is -0.484 e. The lowest BCUT2D eigenvalue weighted by Crippen LogP contribution is -2.46. The highest BCUT2D eigenvalue weighted by molar-refractivity contribution is 5.97. The van der Waals surface area contributed by atoms with E-state index >= 15 is 0 Å². The first kappa shape index (κ1) is 15.1. The second kappa shape index (κ2) is 7.49. The number of hydrazine groups is 1. The Morgan fingerprint density at radius 1 is 1.29 bits per heavy atom. The average molecular weight is 292 g/mol. The van der Waals surface area contributed by atoms with Crippen molar-refractivity contribution in [3.05, 3.63) is 29.8 Å². The van der Waals surface area contributed by atoms with Crippen LogP contribution in [0.15, 0.2) is 29.4 Å². The number of hydrogen-bond acceptors (Lipinski definition) is 5. The van der Waals surface area contributed by atoms with Gasteiger partial charge in [0.2, 0.25) is 0 Å². The van der Waals surface area contributed by atoms with Crippen molar-refractivity contribution in [1.29, 1.82) is 0 Å². The zero-order valence-electron chi connectivity index (χ0n) is 11.8. The Morgan fingerprint density at radius 3 is 2.57 bits per heavy atom. The molecule has 1 heterocycles. The third-order valence-corrected chi connectivity index (χ3v) is 3.27. The summed E-state index contributed by atoms with van der Waals surface area (Å²) in [7, 11) is 0. The first-order valence-electron chi connectivity index (χ1n) is 6.94. The van der Waals surface area contributed by atoms with Crippen LogP contribution in [-0.2, 0) is 4.79 Å². The summed E-state index contributed by atoms with van der Waals surface area (Å²) < 4.78 is 5.40. The maximum atomic E-state index is 11.8. The van der Waals surface area contributed by atoms with E-state index in [9.17, 15) is 4.79 Å². The molecule has 1 aromatic carbocycles. The quantitative estimate of drug-likeness (QED) is 0.321. The molecule has 1 aliphatic rings. The summed E-state index contributed by atoms with van der Waals surface area (Å²) in [6, 6.07) is 6.66. The molecule has 1 amide bonds. The highest BCUT2D eigenvalue weighted by Gasteiger charge is 2.12. The van der Waals surface area contributed by atoms with Crippen molar-refractivity contribution >= 4 is 11.7 Å². The Bertz CT molecular complexity index is 495. The number of hydrogen-bond donors (Lipinski definition) is 3. The lowest BCUT2D eigenvalue weighted by molar-refractivity contribution is -0.128. The standard InChI is InChI=1S/C14H20N4O3/c15-14(17-20)11-4-6-12(7-5-11)21-10-13(19)16-18-8-2-1-3-9-18/h4-7,20H,1-3,8-10H2,(H2,15,17)(H,16,19). The number of carbonyl (C=O) groups excluding carboxylic acids is 1. The predicted octanol–water partition coefficient (Wildman–Crippen LogP) is 0.677. The second-order valence-corrected chi connectivity index (χ2v) is 4.88. The molecule has 1 saturated heterocycles. The van der Waals surface area contributed by atoms with Gasteiger partial charge in [-0.3, -0.25) is 10.2 Å². The number of nitrogens with zero attached hydrogens (tertiary/aromatic N) is 2. The van der Waals surface area contributed by atoms with Gasteiger partial charge in [-0.15, -0.1) is 0 Å². The number of rotatable bonds is 5. The van der Waals surface area contributed by atoms with Crippen molar-refractivity contribution in [2.75, 3.05) is 19.7 Å². The molecule has 7 heteroatoms. The molecule has 0 radical (unpaired) electrons. The van der Waals surface area contributed by atoms with E-state index in [4.69, 9.17) is 15.7 Å². The van der Waals surface area contributed by atoms with Crippen molar-refractivity contribution in [3.8, 4) is 5.75 Å². The van der Waals surface area contributed by atoms with E-state index in [-0.39, 0.29) is 18.3 Å². The maximum Gasteiger partial charge on any atom is 0.272 e. The van der Waals surface area contributed by atoms with Gasteiger partial charge in [-0.2, -0.15) is 0 Å². The van der Waals surface area contributed by atoms with Crippen LogP contribution in [0.2, 0.25) is 0 Å². The summed E-state index contributed by atoms with van der Waals surface area (Å²) in [5.41, 5.74) is 8.87. The van der Waals surface area contributed by atoms with Crippen molar-refractivity contribution in [3.63, 3.8) is 0 Å². The zero-order chi connectivity index (χ0) is 15.1. The molecule has 2 rings (SSSR count). The van der Waals surface area contributed by atoms with Crippen molar-refractivity contribution in [2.45, 2.75) is 19.3 Å². The summed E-state index contributed by atoms with van der Waals surface area (Å²) >= 11 is 0. The van der Waals surface area contributed by atoms with Gasteiger partial charge < -0.3 is 15.7 Å². The molecule has 21 heavy (non-hydrogen) atoms. The van der Waals surface area contributed by atoms with E-state index in [1.165, 1.54) is 6.42 Å². The Balaban J connectivity index is 1.78. The van der Waals surface area contributed by atoms with Gasteiger partial charge in [0.15, 0.2) is 12.4 Å². The number of oxime groups is 1. The van der Waals surface area contributed by atoms with Crippen LogP contribution in [0.5, 0.6) is 5.75 Å². The second-order valence-electron chi connectivity index (χ2n) is 4.88. The highest BCUT2D eigenvalue weighted by Crippen LogP contribution is 2.12. The molecular weight excluding hydrogens is 272 g/mol. The molecule has 0 aromatic heterocycles. The summed E-state index contributed by atoms with van der Waals surface area (Å²) in [4.78, 5) is 11.8. The first-order chi connectivity index (χ1) is 10.2. The molecule has 0 spiro atoms. The van der Waals surface area contributed by atoms with E-state index in [1.54, 1.807) is 24.3 Å². The fourth-order valence-electron chi connectivity index (χ4n) is 2.14. The van der Waals surface area contributed by atoms with Crippen LogP contribution in [-0.4, -0.2) is 41.7 Å². The molecule has 0 atom stereocenters. The van der Waals surface area contributed by atoms with Gasteiger partial charge in [0, 0.05) is 18.7 Å². The van der Waals surface area contributed by atoms with Crippen LogP contribution in [0, 0.1) is 0 Å². The smallest absolute Gasteiger partial charge is 0.272 e. The summed E-state index contributed by atoms with van der Waals surface area (Å²) in [5.74, 6) is 0.417. The molecule has 0 saturated carbocycles. The predicted molar refractivity (Wildman–Crippen MR) is 78.0 cm³/mol. The number of piperidine rings is 1. The van der Waals surface area contributed by atoms with Crippen LogP contribution in [0.25, 0.3) is 0 Å².